The van der Waals surface area contributed by atoms with Crippen LogP contribution in [0.5, 0.6) is 0 Å². The lowest BCUT2D eigenvalue weighted by Gasteiger charge is -2.32. The molecule has 0 unspecified atom stereocenters. The fraction of sp³-hybridized carbons (Fsp3) is 0.611. The summed E-state index contributed by atoms with van der Waals surface area (Å²) in [4.78, 5) is 14.2. The van der Waals surface area contributed by atoms with Crippen molar-refractivity contribution in [2.24, 2.45) is 0 Å². The number of benzene rings is 1. The number of piperidine rings is 1. The molecular formula is C18H23F3N2O2. The fourth-order valence-corrected chi connectivity index (χ4v) is 3.42. The van der Waals surface area contributed by atoms with Crippen LogP contribution >= 0.6 is 0 Å². The van der Waals surface area contributed by atoms with Crippen LogP contribution in [0.4, 0.5) is 13.2 Å². The number of amides is 1. The molecule has 0 aromatic heterocycles. The molecule has 1 aromatic carbocycles. The Kier molecular flexibility index (Phi) is 5.64. The van der Waals surface area contributed by atoms with Crippen LogP contribution in [0.25, 0.3) is 0 Å². The maximum absolute atomic E-state index is 12.8. The summed E-state index contributed by atoms with van der Waals surface area (Å²) >= 11 is 0. The van der Waals surface area contributed by atoms with E-state index in [1.807, 2.05) is 0 Å². The Balaban J connectivity index is 1.47. The summed E-state index contributed by atoms with van der Waals surface area (Å²) < 4.78 is 43.7. The van der Waals surface area contributed by atoms with Crippen LogP contribution in [0.2, 0.25) is 0 Å². The number of carbonyl (C=O) groups is 1. The van der Waals surface area contributed by atoms with Gasteiger partial charge in [-0.1, -0.05) is 18.2 Å². The zero-order valence-electron chi connectivity index (χ0n) is 14.0. The number of hydrogen-bond acceptors (Lipinski definition) is 3. The molecule has 1 amide bonds. The fourth-order valence-electron chi connectivity index (χ4n) is 3.42. The van der Waals surface area contributed by atoms with Gasteiger partial charge in [0.25, 0.3) is 0 Å². The highest BCUT2D eigenvalue weighted by molar-refractivity contribution is 5.81. The largest absolute Gasteiger partial charge is 0.416 e. The average Bonchev–Trinajstić information content (AvgIpc) is 3.11. The van der Waals surface area contributed by atoms with Crippen molar-refractivity contribution >= 4 is 5.91 Å². The van der Waals surface area contributed by atoms with Gasteiger partial charge in [0.15, 0.2) is 0 Å². The van der Waals surface area contributed by atoms with E-state index in [9.17, 15) is 18.0 Å². The summed E-state index contributed by atoms with van der Waals surface area (Å²) in [6, 6.07) is 5.60. The molecule has 2 fully saturated rings. The van der Waals surface area contributed by atoms with Gasteiger partial charge in [0.2, 0.25) is 5.91 Å². The van der Waals surface area contributed by atoms with Gasteiger partial charge in [-0.2, -0.15) is 13.2 Å². The number of hydrogen-bond donors (Lipinski definition) is 1. The summed E-state index contributed by atoms with van der Waals surface area (Å²) in [6.45, 7) is 2.66. The van der Waals surface area contributed by atoms with E-state index < -0.39 is 11.7 Å². The van der Waals surface area contributed by atoms with Crippen molar-refractivity contribution in [1.29, 1.82) is 0 Å². The number of carbonyl (C=O) groups excluding carboxylic acids is 1. The van der Waals surface area contributed by atoms with Crippen molar-refractivity contribution < 1.29 is 22.7 Å². The van der Waals surface area contributed by atoms with Gasteiger partial charge in [-0.05, 0) is 37.3 Å². The molecule has 1 aromatic rings. The number of halogens is 3. The zero-order chi connectivity index (χ0) is 17.9. The molecule has 4 nitrogen and oxygen atoms in total. The standard InChI is InChI=1S/C18H23F3N2O2/c19-18(20,21)14-4-1-3-13(11-14)12-23-8-6-15(7-9-23)22-17(24)16-5-2-10-25-16/h1,3-4,11,15-16H,2,5-10,12H2,(H,22,24)/t16-/m0/s1. The summed E-state index contributed by atoms with van der Waals surface area (Å²) in [7, 11) is 0. The summed E-state index contributed by atoms with van der Waals surface area (Å²) in [5, 5.41) is 3.03. The molecule has 2 saturated heterocycles. The lowest BCUT2D eigenvalue weighted by Crippen LogP contribution is -2.47. The molecule has 0 aliphatic carbocycles. The Hall–Kier alpha value is -1.60. The van der Waals surface area contributed by atoms with Crippen LogP contribution < -0.4 is 5.32 Å². The van der Waals surface area contributed by atoms with E-state index in [2.05, 4.69) is 10.2 Å². The molecule has 138 valence electrons. The third kappa shape index (κ3) is 4.95. The normalized spacial score (nSPS) is 22.9. The Bertz CT molecular complexity index is 592. The molecule has 3 rings (SSSR count). The monoisotopic (exact) mass is 356 g/mol. The molecule has 0 radical (unpaired) electrons. The van der Waals surface area contributed by atoms with Crippen molar-refractivity contribution in [3.63, 3.8) is 0 Å². The van der Waals surface area contributed by atoms with E-state index in [0.717, 1.165) is 44.8 Å². The van der Waals surface area contributed by atoms with E-state index in [-0.39, 0.29) is 18.1 Å². The van der Waals surface area contributed by atoms with E-state index >= 15 is 0 Å². The maximum atomic E-state index is 12.8. The third-order valence-corrected chi connectivity index (χ3v) is 4.82. The second-order valence-corrected chi connectivity index (χ2v) is 6.76. The Morgan fingerprint density at radius 1 is 1.24 bits per heavy atom. The van der Waals surface area contributed by atoms with Gasteiger partial charge in [-0.3, -0.25) is 9.69 Å². The first-order valence-corrected chi connectivity index (χ1v) is 8.72. The van der Waals surface area contributed by atoms with Crippen molar-refractivity contribution in [2.45, 2.75) is 50.6 Å². The molecule has 1 atom stereocenters. The summed E-state index contributed by atoms with van der Waals surface area (Å²) in [5.74, 6) is -0.0335. The van der Waals surface area contributed by atoms with E-state index in [1.165, 1.54) is 12.1 Å². The predicted molar refractivity (Wildman–Crippen MR) is 86.9 cm³/mol. The molecule has 2 aliphatic heterocycles. The summed E-state index contributed by atoms with van der Waals surface area (Å²) in [6.07, 6.45) is -1.32. The SMILES string of the molecule is O=C(NC1CCN(Cc2cccc(C(F)(F)F)c2)CC1)[C@@H]1CCCO1. The topological polar surface area (TPSA) is 41.6 Å². The maximum Gasteiger partial charge on any atom is 0.416 e. The van der Waals surface area contributed by atoms with Gasteiger partial charge < -0.3 is 10.1 Å². The highest BCUT2D eigenvalue weighted by atomic mass is 19.4. The number of likely N-dealkylation sites (tertiary alicyclic amines) is 1. The van der Waals surface area contributed by atoms with Crippen LogP contribution in [0.3, 0.4) is 0 Å². The van der Waals surface area contributed by atoms with Crippen LogP contribution in [-0.2, 0) is 22.3 Å². The molecule has 25 heavy (non-hydrogen) atoms. The first-order valence-electron chi connectivity index (χ1n) is 8.72. The molecule has 2 aliphatic rings. The van der Waals surface area contributed by atoms with Crippen molar-refractivity contribution in [3.8, 4) is 0 Å². The van der Waals surface area contributed by atoms with Crippen molar-refractivity contribution in [3.05, 3.63) is 35.4 Å². The quantitative estimate of drug-likeness (QED) is 0.902. The number of nitrogens with one attached hydrogen (secondary N) is 1. The highest BCUT2D eigenvalue weighted by Crippen LogP contribution is 2.30. The van der Waals surface area contributed by atoms with Gasteiger partial charge in [0, 0.05) is 32.3 Å². The van der Waals surface area contributed by atoms with E-state index in [1.54, 1.807) is 6.07 Å². The van der Waals surface area contributed by atoms with Crippen molar-refractivity contribution in [2.75, 3.05) is 19.7 Å². The van der Waals surface area contributed by atoms with Gasteiger partial charge in [0.1, 0.15) is 6.10 Å². The number of nitrogens with zero attached hydrogens (tertiary/aromatic N) is 1. The minimum atomic E-state index is -4.31. The predicted octanol–water partition coefficient (Wildman–Crippen LogP) is 2.97. The first-order chi connectivity index (χ1) is 11.9. The molecule has 0 spiro atoms. The Morgan fingerprint density at radius 2 is 2.00 bits per heavy atom. The zero-order valence-corrected chi connectivity index (χ0v) is 14.0. The molecule has 0 saturated carbocycles. The highest BCUT2D eigenvalue weighted by Gasteiger charge is 2.31. The van der Waals surface area contributed by atoms with Crippen LogP contribution in [0, 0.1) is 0 Å². The smallest absolute Gasteiger partial charge is 0.368 e. The van der Waals surface area contributed by atoms with Crippen molar-refractivity contribution in [1.82, 2.24) is 10.2 Å². The number of ether oxygens (including phenoxy) is 1. The van der Waals surface area contributed by atoms with E-state index in [0.29, 0.717) is 18.7 Å². The molecule has 1 N–H and O–H groups in total. The van der Waals surface area contributed by atoms with Gasteiger partial charge >= 0.3 is 6.18 Å². The molecular weight excluding hydrogens is 333 g/mol. The molecule has 0 bridgehead atoms. The Morgan fingerprint density at radius 3 is 2.64 bits per heavy atom. The number of alkyl halides is 3. The van der Waals surface area contributed by atoms with Crippen LogP contribution in [-0.4, -0.2) is 42.6 Å². The summed E-state index contributed by atoms with van der Waals surface area (Å²) in [5.41, 5.74) is 0.0559. The second kappa shape index (κ2) is 7.74. The van der Waals surface area contributed by atoms with Crippen LogP contribution in [0.1, 0.15) is 36.8 Å². The lowest BCUT2D eigenvalue weighted by atomic mass is 10.0. The third-order valence-electron chi connectivity index (χ3n) is 4.82. The lowest BCUT2D eigenvalue weighted by molar-refractivity contribution is -0.137. The van der Waals surface area contributed by atoms with Crippen LogP contribution in [0.15, 0.2) is 24.3 Å². The Labute approximate surface area is 145 Å². The minimum absolute atomic E-state index is 0.0335. The van der Waals surface area contributed by atoms with Gasteiger partial charge in [-0.15, -0.1) is 0 Å². The second-order valence-electron chi connectivity index (χ2n) is 6.76. The van der Waals surface area contributed by atoms with E-state index in [4.69, 9.17) is 4.74 Å². The molecule has 7 heteroatoms. The minimum Gasteiger partial charge on any atom is -0.368 e. The molecule has 2 heterocycles. The first kappa shape index (κ1) is 18.2. The average molecular weight is 356 g/mol. The van der Waals surface area contributed by atoms with Gasteiger partial charge in [-0.25, -0.2) is 0 Å². The number of rotatable bonds is 4. The van der Waals surface area contributed by atoms with Gasteiger partial charge in [0.05, 0.1) is 5.56 Å².